The molecule has 7 nitrogen and oxygen atoms in total. The molecule has 4 aliphatic rings. The largest absolute Gasteiger partial charge is 0.377 e. The molecule has 0 amide bonds. The van der Waals surface area contributed by atoms with Gasteiger partial charge < -0.3 is 15.4 Å². The molecule has 3 atom stereocenters. The monoisotopic (exact) mass is 554 g/mol. The van der Waals surface area contributed by atoms with E-state index in [0.29, 0.717) is 43.0 Å². The fourth-order valence-corrected chi connectivity index (χ4v) is 7.74. The van der Waals surface area contributed by atoms with Gasteiger partial charge >= 0.3 is 0 Å². The summed E-state index contributed by atoms with van der Waals surface area (Å²) in [6.45, 7) is 6.83. The molecule has 0 aromatic rings. The van der Waals surface area contributed by atoms with Crippen LogP contribution in [0.15, 0.2) is 4.99 Å². The molecule has 4 fully saturated rings. The van der Waals surface area contributed by atoms with Crippen molar-refractivity contribution in [2.45, 2.75) is 83.4 Å². The highest BCUT2D eigenvalue weighted by atomic mass is 127. The number of nitrogens with zero attached hydrogens (tertiary/aromatic N) is 2. The molecule has 2 aliphatic heterocycles. The zero-order chi connectivity index (χ0) is 20.5. The maximum absolute atomic E-state index is 12.3. The number of rotatable bonds is 6. The van der Waals surface area contributed by atoms with Gasteiger partial charge in [0.2, 0.25) is 10.0 Å². The van der Waals surface area contributed by atoms with Gasteiger partial charge in [0.25, 0.3) is 0 Å². The average molecular weight is 555 g/mol. The van der Waals surface area contributed by atoms with Crippen LogP contribution in [0.4, 0.5) is 0 Å². The molecule has 2 saturated heterocycles. The van der Waals surface area contributed by atoms with Gasteiger partial charge in [-0.1, -0.05) is 19.8 Å². The summed E-state index contributed by atoms with van der Waals surface area (Å²) in [5.41, 5.74) is 0.301. The van der Waals surface area contributed by atoms with E-state index in [1.807, 2.05) is 6.92 Å². The van der Waals surface area contributed by atoms with Crippen molar-refractivity contribution in [3.63, 3.8) is 0 Å². The normalized spacial score (nSPS) is 31.8. The number of fused-ring (bicyclic) bond motifs is 2. The van der Waals surface area contributed by atoms with E-state index in [4.69, 9.17) is 9.73 Å². The summed E-state index contributed by atoms with van der Waals surface area (Å²) in [5, 5.41) is 7.42. The molecular formula is C21H39IN4O3S. The first-order valence-corrected chi connectivity index (χ1v) is 13.3. The molecule has 0 aromatic carbocycles. The Bertz CT molecular complexity index is 703. The highest BCUT2D eigenvalue weighted by molar-refractivity contribution is 14.0. The van der Waals surface area contributed by atoms with Gasteiger partial charge in [0, 0.05) is 49.7 Å². The molecule has 0 radical (unpaired) electrons. The van der Waals surface area contributed by atoms with Crippen molar-refractivity contribution in [1.29, 1.82) is 0 Å². The second-order valence-corrected chi connectivity index (χ2v) is 11.4. The minimum absolute atomic E-state index is 0. The van der Waals surface area contributed by atoms with E-state index in [2.05, 4.69) is 17.6 Å². The summed E-state index contributed by atoms with van der Waals surface area (Å²) >= 11 is 0. The first-order chi connectivity index (χ1) is 14.0. The molecule has 3 unspecified atom stereocenters. The van der Waals surface area contributed by atoms with Crippen LogP contribution in [-0.2, 0) is 14.8 Å². The average Bonchev–Trinajstić information content (AvgIpc) is 3.35. The van der Waals surface area contributed by atoms with Crippen molar-refractivity contribution in [2.24, 2.45) is 16.3 Å². The van der Waals surface area contributed by atoms with Gasteiger partial charge in [0.05, 0.1) is 11.9 Å². The summed E-state index contributed by atoms with van der Waals surface area (Å²) in [6, 6.07) is 0.733. The minimum atomic E-state index is -3.09. The predicted molar refractivity (Wildman–Crippen MR) is 131 cm³/mol. The quantitative estimate of drug-likeness (QED) is 0.300. The second kappa shape index (κ2) is 10.2. The van der Waals surface area contributed by atoms with Gasteiger partial charge in [-0.15, -0.1) is 24.0 Å². The lowest BCUT2D eigenvalue weighted by Crippen LogP contribution is -2.69. The predicted octanol–water partition coefficient (Wildman–Crippen LogP) is 2.71. The van der Waals surface area contributed by atoms with Crippen LogP contribution in [0, 0.1) is 11.3 Å². The van der Waals surface area contributed by atoms with Crippen LogP contribution < -0.4 is 10.6 Å². The number of aliphatic imine (C=N–C) groups is 1. The number of sulfonamides is 1. The first kappa shape index (κ1) is 24.5. The zero-order valence-corrected chi connectivity index (χ0v) is 21.6. The molecule has 0 aromatic heterocycles. The van der Waals surface area contributed by atoms with Crippen LogP contribution in [0.2, 0.25) is 0 Å². The van der Waals surface area contributed by atoms with Crippen LogP contribution in [0.1, 0.15) is 65.2 Å². The molecule has 174 valence electrons. The van der Waals surface area contributed by atoms with Crippen LogP contribution >= 0.6 is 24.0 Å². The summed E-state index contributed by atoms with van der Waals surface area (Å²) in [5.74, 6) is 1.77. The fraction of sp³-hybridized carbons (Fsp3) is 0.952. The number of piperidine rings is 1. The van der Waals surface area contributed by atoms with Crippen molar-refractivity contribution >= 4 is 40.0 Å². The Morgan fingerprint density at radius 3 is 2.47 bits per heavy atom. The Morgan fingerprint density at radius 2 is 1.83 bits per heavy atom. The summed E-state index contributed by atoms with van der Waals surface area (Å²) < 4.78 is 32.4. The topological polar surface area (TPSA) is 83.0 Å². The Hall–Kier alpha value is -0.130. The van der Waals surface area contributed by atoms with E-state index in [0.717, 1.165) is 38.4 Å². The highest BCUT2D eigenvalue weighted by Crippen LogP contribution is 2.60. The second-order valence-electron chi connectivity index (χ2n) is 9.26. The number of nitrogens with one attached hydrogen (secondary N) is 2. The van der Waals surface area contributed by atoms with Crippen molar-refractivity contribution < 1.29 is 13.2 Å². The SMILES string of the molecule is CCCS(=O)(=O)N1CCC(NC(=NCC)NC2C3CCOC3C23CCCC3)CC1.I. The van der Waals surface area contributed by atoms with Crippen LogP contribution in [-0.4, -0.2) is 68.9 Å². The van der Waals surface area contributed by atoms with Crippen molar-refractivity contribution in [2.75, 3.05) is 32.0 Å². The van der Waals surface area contributed by atoms with Gasteiger partial charge in [-0.2, -0.15) is 0 Å². The van der Waals surface area contributed by atoms with E-state index >= 15 is 0 Å². The number of guanidine groups is 1. The molecule has 30 heavy (non-hydrogen) atoms. The molecule has 9 heteroatoms. The molecule has 2 aliphatic carbocycles. The smallest absolute Gasteiger partial charge is 0.214 e. The van der Waals surface area contributed by atoms with Gasteiger partial charge in [0.1, 0.15) is 0 Å². The third kappa shape index (κ3) is 4.64. The number of ether oxygens (including phenoxy) is 1. The van der Waals surface area contributed by atoms with Gasteiger partial charge in [0.15, 0.2) is 5.96 Å². The molecular weight excluding hydrogens is 515 g/mol. The van der Waals surface area contributed by atoms with Gasteiger partial charge in [-0.05, 0) is 45.4 Å². The molecule has 2 N–H and O–H groups in total. The van der Waals surface area contributed by atoms with Crippen molar-refractivity contribution in [1.82, 2.24) is 14.9 Å². The standard InChI is InChI=1S/C21H38N4O3S.HI/c1-3-15-29(26,27)25-12-7-16(8-13-25)23-20(22-4-2)24-18-17-9-14-28-19(17)21(18)10-5-6-11-21;/h16-19H,3-15H2,1-2H3,(H2,22,23,24);1H. The Morgan fingerprint density at radius 1 is 1.13 bits per heavy atom. The Labute approximate surface area is 199 Å². The Balaban J connectivity index is 0.00000256. The number of halogens is 1. The third-order valence-electron chi connectivity index (χ3n) is 7.54. The van der Waals surface area contributed by atoms with Crippen LogP contribution in [0.25, 0.3) is 0 Å². The zero-order valence-electron chi connectivity index (χ0n) is 18.4. The molecule has 2 saturated carbocycles. The third-order valence-corrected chi connectivity index (χ3v) is 9.62. The maximum atomic E-state index is 12.3. The number of hydrogen-bond donors (Lipinski definition) is 2. The lowest BCUT2D eigenvalue weighted by molar-refractivity contribution is -0.125. The minimum Gasteiger partial charge on any atom is -0.377 e. The van der Waals surface area contributed by atoms with Crippen molar-refractivity contribution in [3.05, 3.63) is 0 Å². The van der Waals surface area contributed by atoms with Crippen molar-refractivity contribution in [3.8, 4) is 0 Å². The first-order valence-electron chi connectivity index (χ1n) is 11.7. The summed E-state index contributed by atoms with van der Waals surface area (Å²) in [6.07, 6.45) is 9.07. The van der Waals surface area contributed by atoms with E-state index in [1.54, 1.807) is 4.31 Å². The molecule has 0 bridgehead atoms. The van der Waals surface area contributed by atoms with E-state index in [-0.39, 0.29) is 35.8 Å². The molecule has 1 spiro atoms. The van der Waals surface area contributed by atoms with E-state index in [9.17, 15) is 8.42 Å². The Kier molecular flexibility index (Phi) is 8.34. The van der Waals surface area contributed by atoms with Gasteiger partial charge in [-0.25, -0.2) is 12.7 Å². The highest BCUT2D eigenvalue weighted by Gasteiger charge is 2.65. The lowest BCUT2D eigenvalue weighted by Gasteiger charge is -2.57. The van der Waals surface area contributed by atoms with E-state index < -0.39 is 10.0 Å². The van der Waals surface area contributed by atoms with E-state index in [1.165, 1.54) is 25.7 Å². The molecule has 2 heterocycles. The lowest BCUT2D eigenvalue weighted by atomic mass is 9.54. The summed E-state index contributed by atoms with van der Waals surface area (Å²) in [7, 11) is -3.09. The van der Waals surface area contributed by atoms with Crippen LogP contribution in [0.3, 0.4) is 0 Å². The van der Waals surface area contributed by atoms with Crippen LogP contribution in [0.5, 0.6) is 0 Å². The maximum Gasteiger partial charge on any atom is 0.214 e. The fourth-order valence-electron chi connectivity index (χ4n) is 6.20. The summed E-state index contributed by atoms with van der Waals surface area (Å²) in [4.78, 5) is 4.73. The number of hydrogen-bond acceptors (Lipinski definition) is 4. The molecule has 4 rings (SSSR count). The van der Waals surface area contributed by atoms with Gasteiger partial charge in [-0.3, -0.25) is 4.99 Å².